The lowest BCUT2D eigenvalue weighted by Gasteiger charge is -2.22. The van der Waals surface area contributed by atoms with Gasteiger partial charge in [0.05, 0.1) is 25.4 Å². The van der Waals surface area contributed by atoms with E-state index in [1.807, 2.05) is 74.5 Å². The third-order valence-corrected chi connectivity index (χ3v) is 3.69. The number of benzene rings is 2. The van der Waals surface area contributed by atoms with Gasteiger partial charge in [0.2, 0.25) is 0 Å². The summed E-state index contributed by atoms with van der Waals surface area (Å²) in [7, 11) is 0. The first-order valence-electron chi connectivity index (χ1n) is 8.79. The summed E-state index contributed by atoms with van der Waals surface area (Å²) < 4.78 is 17.2. The van der Waals surface area contributed by atoms with E-state index in [-0.39, 0.29) is 18.6 Å². The molecule has 0 saturated heterocycles. The van der Waals surface area contributed by atoms with Crippen molar-refractivity contribution in [2.75, 3.05) is 19.8 Å². The number of hydrogen-bond acceptors (Lipinski definition) is 4. The minimum Gasteiger partial charge on any atom is -0.493 e. The molecule has 0 aromatic heterocycles. The normalized spacial score (nSPS) is 13.4. The van der Waals surface area contributed by atoms with Crippen LogP contribution in [0.1, 0.15) is 20.3 Å². The average Bonchev–Trinajstić information content (AvgIpc) is 2.64. The summed E-state index contributed by atoms with van der Waals surface area (Å²) >= 11 is 0. The Hall–Kier alpha value is -2.04. The van der Waals surface area contributed by atoms with Gasteiger partial charge in [-0.3, -0.25) is 0 Å². The number of ether oxygens (including phenoxy) is 3. The van der Waals surface area contributed by atoms with Crippen LogP contribution in [-0.4, -0.2) is 37.1 Å². The molecule has 0 aliphatic heterocycles. The highest BCUT2D eigenvalue weighted by Crippen LogP contribution is 2.16. The molecular weight excluding hydrogens is 316 g/mol. The number of rotatable bonds is 11. The summed E-state index contributed by atoms with van der Waals surface area (Å²) in [6.45, 7) is 5.31. The molecule has 1 N–H and O–H groups in total. The monoisotopic (exact) mass is 344 g/mol. The van der Waals surface area contributed by atoms with Crippen molar-refractivity contribution in [3.63, 3.8) is 0 Å². The van der Waals surface area contributed by atoms with Crippen LogP contribution in [0, 0.1) is 5.92 Å². The molecular formula is C21H28O4. The first-order valence-corrected chi connectivity index (χ1v) is 8.79. The summed E-state index contributed by atoms with van der Waals surface area (Å²) in [5.74, 6) is 1.68. The minimum atomic E-state index is -0.569. The second-order valence-corrected chi connectivity index (χ2v) is 6.39. The topological polar surface area (TPSA) is 47.9 Å². The highest BCUT2D eigenvalue weighted by molar-refractivity contribution is 5.21. The predicted octanol–water partition coefficient (Wildman–Crippen LogP) is 3.94. The van der Waals surface area contributed by atoms with Crippen LogP contribution in [0.25, 0.3) is 0 Å². The zero-order valence-corrected chi connectivity index (χ0v) is 15.0. The van der Waals surface area contributed by atoms with Gasteiger partial charge in [-0.05, 0) is 44.5 Å². The van der Waals surface area contributed by atoms with Crippen molar-refractivity contribution in [3.05, 3.63) is 60.7 Å². The fraction of sp³-hybridized carbons (Fsp3) is 0.429. The molecule has 2 atom stereocenters. The third-order valence-electron chi connectivity index (χ3n) is 3.69. The second kappa shape index (κ2) is 10.7. The molecule has 0 amide bonds. The van der Waals surface area contributed by atoms with Crippen molar-refractivity contribution in [3.8, 4) is 11.5 Å². The number of hydrogen-bond donors (Lipinski definition) is 1. The van der Waals surface area contributed by atoms with Gasteiger partial charge in [0.15, 0.2) is 0 Å². The zero-order chi connectivity index (χ0) is 17.9. The van der Waals surface area contributed by atoms with E-state index in [4.69, 9.17) is 14.2 Å². The van der Waals surface area contributed by atoms with Crippen LogP contribution < -0.4 is 9.47 Å². The van der Waals surface area contributed by atoms with E-state index in [0.29, 0.717) is 19.6 Å². The van der Waals surface area contributed by atoms with E-state index in [1.165, 1.54) is 0 Å². The highest BCUT2D eigenvalue weighted by atomic mass is 16.5. The smallest absolute Gasteiger partial charge is 0.119 e. The Morgan fingerprint density at radius 2 is 1.28 bits per heavy atom. The largest absolute Gasteiger partial charge is 0.493 e. The molecule has 2 aromatic rings. The van der Waals surface area contributed by atoms with Crippen molar-refractivity contribution in [1.82, 2.24) is 0 Å². The van der Waals surface area contributed by atoms with Crippen molar-refractivity contribution in [2.45, 2.75) is 32.5 Å². The summed E-state index contributed by atoms with van der Waals surface area (Å²) in [6.07, 6.45) is 0.143. The van der Waals surface area contributed by atoms with Gasteiger partial charge in [0, 0.05) is 5.92 Å². The van der Waals surface area contributed by atoms with Crippen molar-refractivity contribution < 1.29 is 19.3 Å². The first kappa shape index (κ1) is 19.3. The van der Waals surface area contributed by atoms with E-state index >= 15 is 0 Å². The van der Waals surface area contributed by atoms with Gasteiger partial charge in [0.25, 0.3) is 0 Å². The Bertz CT molecular complexity index is 571. The summed E-state index contributed by atoms with van der Waals surface area (Å²) in [5.41, 5.74) is 0. The fourth-order valence-electron chi connectivity index (χ4n) is 2.41. The molecule has 4 heteroatoms. The maximum absolute atomic E-state index is 10.3. The van der Waals surface area contributed by atoms with Gasteiger partial charge < -0.3 is 19.3 Å². The minimum absolute atomic E-state index is 0.0944. The molecule has 2 unspecified atom stereocenters. The van der Waals surface area contributed by atoms with Crippen LogP contribution >= 0.6 is 0 Å². The number of aliphatic hydroxyl groups excluding tert-OH is 1. The molecule has 136 valence electrons. The molecule has 0 heterocycles. The molecule has 0 aliphatic rings. The quantitative estimate of drug-likeness (QED) is 0.671. The van der Waals surface area contributed by atoms with Gasteiger partial charge in [-0.2, -0.15) is 0 Å². The van der Waals surface area contributed by atoms with E-state index in [0.717, 1.165) is 11.5 Å². The van der Waals surface area contributed by atoms with Gasteiger partial charge in [-0.1, -0.05) is 36.4 Å². The molecule has 25 heavy (non-hydrogen) atoms. The number of para-hydroxylation sites is 2. The van der Waals surface area contributed by atoms with E-state index in [9.17, 15) is 5.11 Å². The molecule has 2 aromatic carbocycles. The predicted molar refractivity (Wildman–Crippen MR) is 99.1 cm³/mol. The SMILES string of the molecule is CC(C)OCC(COc1ccccc1)CC(O)COc1ccccc1. The summed E-state index contributed by atoms with van der Waals surface area (Å²) in [5, 5.41) is 10.3. The van der Waals surface area contributed by atoms with Crippen molar-refractivity contribution >= 4 is 0 Å². The maximum Gasteiger partial charge on any atom is 0.119 e. The molecule has 0 spiro atoms. The lowest BCUT2D eigenvalue weighted by Crippen LogP contribution is -2.28. The highest BCUT2D eigenvalue weighted by Gasteiger charge is 2.17. The third kappa shape index (κ3) is 8.05. The van der Waals surface area contributed by atoms with Crippen LogP contribution in [0.3, 0.4) is 0 Å². The first-order chi connectivity index (χ1) is 12.1. The van der Waals surface area contributed by atoms with Crippen LogP contribution in [0.5, 0.6) is 11.5 Å². The Labute approximate surface area is 150 Å². The molecule has 0 fully saturated rings. The van der Waals surface area contributed by atoms with Crippen LogP contribution in [0.15, 0.2) is 60.7 Å². The van der Waals surface area contributed by atoms with Gasteiger partial charge in [-0.25, -0.2) is 0 Å². The Kier molecular flexibility index (Phi) is 8.29. The lowest BCUT2D eigenvalue weighted by molar-refractivity contribution is 0.00985. The summed E-state index contributed by atoms with van der Waals surface area (Å²) in [6, 6.07) is 19.2. The molecule has 0 bridgehead atoms. The molecule has 4 nitrogen and oxygen atoms in total. The molecule has 2 rings (SSSR count). The van der Waals surface area contributed by atoms with Gasteiger partial charge in [-0.15, -0.1) is 0 Å². The van der Waals surface area contributed by atoms with Gasteiger partial charge in [0.1, 0.15) is 18.1 Å². The lowest BCUT2D eigenvalue weighted by atomic mass is 10.0. The Morgan fingerprint density at radius 1 is 0.760 bits per heavy atom. The number of aliphatic hydroxyl groups is 1. The Balaban J connectivity index is 1.81. The van der Waals surface area contributed by atoms with E-state index in [1.54, 1.807) is 0 Å². The standard InChI is InChI=1S/C21H28O4/c1-17(2)23-14-18(15-24-20-9-5-3-6-10-20)13-19(22)16-25-21-11-7-4-8-12-21/h3-12,17-19,22H,13-16H2,1-2H3. The Morgan fingerprint density at radius 3 is 1.80 bits per heavy atom. The summed E-state index contributed by atoms with van der Waals surface area (Å²) in [4.78, 5) is 0. The van der Waals surface area contributed by atoms with Crippen LogP contribution in [0.2, 0.25) is 0 Å². The van der Waals surface area contributed by atoms with E-state index < -0.39 is 6.10 Å². The second-order valence-electron chi connectivity index (χ2n) is 6.39. The van der Waals surface area contributed by atoms with Crippen molar-refractivity contribution in [2.24, 2.45) is 5.92 Å². The molecule has 0 aliphatic carbocycles. The van der Waals surface area contributed by atoms with Crippen molar-refractivity contribution in [1.29, 1.82) is 0 Å². The fourth-order valence-corrected chi connectivity index (χ4v) is 2.41. The van der Waals surface area contributed by atoms with Gasteiger partial charge >= 0.3 is 0 Å². The zero-order valence-electron chi connectivity index (χ0n) is 15.0. The molecule has 0 saturated carbocycles. The molecule has 0 radical (unpaired) electrons. The van der Waals surface area contributed by atoms with E-state index in [2.05, 4.69) is 0 Å². The average molecular weight is 344 g/mol. The van der Waals surface area contributed by atoms with Crippen LogP contribution in [-0.2, 0) is 4.74 Å². The maximum atomic E-state index is 10.3. The van der Waals surface area contributed by atoms with Crippen LogP contribution in [0.4, 0.5) is 0 Å².